The Hall–Kier alpha value is -1.08. The van der Waals surface area contributed by atoms with E-state index in [0.29, 0.717) is 29.8 Å². The molecule has 1 heterocycles. The van der Waals surface area contributed by atoms with Crippen molar-refractivity contribution >= 4 is 50.9 Å². The van der Waals surface area contributed by atoms with Crippen LogP contribution in [0.2, 0.25) is 5.02 Å². The third-order valence-corrected chi connectivity index (χ3v) is 4.88. The smallest absolute Gasteiger partial charge is 0.303 e. The molecule has 0 radical (unpaired) electrons. The van der Waals surface area contributed by atoms with Gasteiger partial charge in [-0.3, -0.25) is 9.59 Å². The van der Waals surface area contributed by atoms with Gasteiger partial charge in [0.1, 0.15) is 0 Å². The average molecular weight is 406 g/mol. The third kappa shape index (κ3) is 3.32. The van der Waals surface area contributed by atoms with Gasteiger partial charge < -0.3 is 9.67 Å². The summed E-state index contributed by atoms with van der Waals surface area (Å²) in [6.07, 6.45) is 3.11. The zero-order valence-corrected chi connectivity index (χ0v) is 13.5. The monoisotopic (exact) mass is 405 g/mol. The van der Waals surface area contributed by atoms with Crippen LogP contribution >= 0.6 is 34.2 Å². The number of carbonyl (C=O) groups is 1. The second kappa shape index (κ2) is 6.58. The van der Waals surface area contributed by atoms with Crippen LogP contribution in [0, 0.1) is 3.57 Å². The highest BCUT2D eigenvalue weighted by Gasteiger charge is 2.08. The van der Waals surface area contributed by atoms with Crippen molar-refractivity contribution in [3.63, 3.8) is 0 Å². The van der Waals surface area contributed by atoms with Gasteiger partial charge in [-0.25, -0.2) is 0 Å². The van der Waals surface area contributed by atoms with Crippen molar-refractivity contribution in [1.29, 1.82) is 0 Å². The maximum Gasteiger partial charge on any atom is 0.303 e. The van der Waals surface area contributed by atoms with Gasteiger partial charge in [-0.15, -0.1) is 0 Å². The molecule has 0 saturated carbocycles. The van der Waals surface area contributed by atoms with Crippen molar-refractivity contribution in [3.8, 4) is 0 Å². The summed E-state index contributed by atoms with van der Waals surface area (Å²) in [5.74, 6) is -0.806. The number of halogens is 2. The van der Waals surface area contributed by atoms with E-state index in [2.05, 4.69) is 22.6 Å². The van der Waals surface area contributed by atoms with E-state index >= 15 is 0 Å². The lowest BCUT2D eigenvalue weighted by atomic mass is 10.1. The fourth-order valence-electron chi connectivity index (χ4n) is 2.04. The summed E-state index contributed by atoms with van der Waals surface area (Å²) in [5.41, 5.74) is -0.0626. The van der Waals surface area contributed by atoms with Crippen LogP contribution in [0.3, 0.4) is 0 Å². The van der Waals surface area contributed by atoms with Crippen LogP contribution in [0.15, 0.2) is 29.2 Å². The lowest BCUT2D eigenvalue weighted by Crippen LogP contribution is -2.19. The number of aryl methyl sites for hydroxylation is 1. The van der Waals surface area contributed by atoms with Crippen LogP contribution in [0.4, 0.5) is 0 Å². The Kier molecular flexibility index (Phi) is 5.04. The van der Waals surface area contributed by atoms with Gasteiger partial charge in [0.15, 0.2) is 0 Å². The first-order chi connectivity index (χ1) is 9.50. The Bertz CT molecular complexity index is 711. The standard InChI is InChI=1S/C14H13ClINO3/c15-11-5-4-10-9(13(11)16)6-8-17(14(10)20)7-2-1-3-12(18)19/h4-6,8H,1-3,7H2,(H,18,19). The molecule has 20 heavy (non-hydrogen) atoms. The number of unbranched alkanes of at least 4 members (excludes halogenated alkanes) is 1. The van der Waals surface area contributed by atoms with Crippen LogP contribution in [0.1, 0.15) is 19.3 Å². The molecule has 0 amide bonds. The average Bonchev–Trinajstić information content (AvgIpc) is 2.41. The number of fused-ring (bicyclic) bond motifs is 1. The Morgan fingerprint density at radius 2 is 2.00 bits per heavy atom. The molecule has 106 valence electrons. The summed E-state index contributed by atoms with van der Waals surface area (Å²) in [7, 11) is 0. The predicted molar refractivity (Wildman–Crippen MR) is 87.4 cm³/mol. The highest BCUT2D eigenvalue weighted by molar-refractivity contribution is 14.1. The van der Waals surface area contributed by atoms with Gasteiger partial charge in [0.05, 0.1) is 5.02 Å². The fraction of sp³-hybridized carbons (Fsp3) is 0.286. The number of hydrogen-bond donors (Lipinski definition) is 1. The van der Waals surface area contributed by atoms with E-state index in [0.717, 1.165) is 8.96 Å². The quantitative estimate of drug-likeness (QED) is 0.612. The zero-order chi connectivity index (χ0) is 14.7. The summed E-state index contributed by atoms with van der Waals surface area (Å²) in [5, 5.41) is 10.7. The number of aromatic nitrogens is 1. The number of benzene rings is 1. The number of rotatable bonds is 5. The molecule has 0 aliphatic rings. The number of pyridine rings is 1. The third-order valence-electron chi connectivity index (χ3n) is 3.08. The number of carboxylic acids is 1. The minimum atomic E-state index is -0.806. The summed E-state index contributed by atoms with van der Waals surface area (Å²) in [6, 6.07) is 5.33. The molecule has 6 heteroatoms. The molecule has 0 aliphatic heterocycles. The molecule has 0 fully saturated rings. The molecular formula is C14H13ClINO3. The van der Waals surface area contributed by atoms with Crippen LogP contribution in [-0.2, 0) is 11.3 Å². The highest BCUT2D eigenvalue weighted by atomic mass is 127. The minimum Gasteiger partial charge on any atom is -0.481 e. The molecule has 0 saturated heterocycles. The number of nitrogens with zero attached hydrogens (tertiary/aromatic N) is 1. The summed E-state index contributed by atoms with van der Waals surface area (Å²) < 4.78 is 2.49. The Balaban J connectivity index is 2.24. The van der Waals surface area contributed by atoms with Gasteiger partial charge in [0, 0.05) is 33.5 Å². The van der Waals surface area contributed by atoms with Gasteiger partial charge >= 0.3 is 5.97 Å². The molecule has 4 nitrogen and oxygen atoms in total. The SMILES string of the molecule is O=C(O)CCCCn1ccc2c(I)c(Cl)ccc2c1=O. The molecule has 0 aliphatic carbocycles. The molecule has 1 aromatic carbocycles. The number of aliphatic carboxylic acids is 1. The van der Waals surface area contributed by atoms with E-state index in [4.69, 9.17) is 16.7 Å². The van der Waals surface area contributed by atoms with E-state index in [9.17, 15) is 9.59 Å². The van der Waals surface area contributed by atoms with Crippen molar-refractivity contribution in [2.75, 3.05) is 0 Å². The van der Waals surface area contributed by atoms with Gasteiger partial charge in [-0.05, 0) is 53.6 Å². The molecule has 0 bridgehead atoms. The Morgan fingerprint density at radius 1 is 1.25 bits per heavy atom. The zero-order valence-electron chi connectivity index (χ0n) is 10.6. The fourth-order valence-corrected chi connectivity index (χ4v) is 2.85. The maximum atomic E-state index is 12.3. The first kappa shape index (κ1) is 15.3. The minimum absolute atomic E-state index is 0.0626. The normalized spacial score (nSPS) is 10.9. The molecule has 1 N–H and O–H groups in total. The highest BCUT2D eigenvalue weighted by Crippen LogP contribution is 2.25. The second-order valence-electron chi connectivity index (χ2n) is 4.49. The first-order valence-corrected chi connectivity index (χ1v) is 7.65. The number of hydrogen-bond acceptors (Lipinski definition) is 2. The lowest BCUT2D eigenvalue weighted by molar-refractivity contribution is -0.137. The first-order valence-electron chi connectivity index (χ1n) is 6.19. The van der Waals surface area contributed by atoms with Crippen LogP contribution < -0.4 is 5.56 Å². The van der Waals surface area contributed by atoms with E-state index < -0.39 is 5.97 Å². The Morgan fingerprint density at radius 3 is 2.70 bits per heavy atom. The van der Waals surface area contributed by atoms with E-state index in [1.807, 2.05) is 6.07 Å². The molecule has 0 unspecified atom stereocenters. The van der Waals surface area contributed by atoms with Gasteiger partial charge in [-0.2, -0.15) is 0 Å². The van der Waals surface area contributed by atoms with E-state index in [1.54, 1.807) is 22.9 Å². The van der Waals surface area contributed by atoms with E-state index in [1.165, 1.54) is 0 Å². The van der Waals surface area contributed by atoms with Gasteiger partial charge in [0.2, 0.25) is 0 Å². The molecule has 1 aromatic heterocycles. The molecule has 2 rings (SSSR count). The summed E-state index contributed by atoms with van der Waals surface area (Å²) >= 11 is 8.17. The van der Waals surface area contributed by atoms with Crippen molar-refractivity contribution in [2.45, 2.75) is 25.8 Å². The summed E-state index contributed by atoms with van der Waals surface area (Å²) in [4.78, 5) is 22.8. The Labute approximate surface area is 134 Å². The summed E-state index contributed by atoms with van der Waals surface area (Å²) in [6.45, 7) is 0.529. The largest absolute Gasteiger partial charge is 0.481 e. The second-order valence-corrected chi connectivity index (χ2v) is 5.97. The topological polar surface area (TPSA) is 59.3 Å². The van der Waals surface area contributed by atoms with Crippen molar-refractivity contribution < 1.29 is 9.90 Å². The number of carboxylic acid groups (broad SMARTS) is 1. The molecular weight excluding hydrogens is 393 g/mol. The lowest BCUT2D eigenvalue weighted by Gasteiger charge is -2.08. The van der Waals surface area contributed by atoms with Gasteiger partial charge in [0.25, 0.3) is 5.56 Å². The van der Waals surface area contributed by atoms with Crippen LogP contribution in [-0.4, -0.2) is 15.6 Å². The predicted octanol–water partition coefficient (Wildman–Crippen LogP) is 3.51. The maximum absolute atomic E-state index is 12.3. The van der Waals surface area contributed by atoms with Crippen molar-refractivity contribution in [1.82, 2.24) is 4.57 Å². The van der Waals surface area contributed by atoms with Crippen LogP contribution in [0.5, 0.6) is 0 Å². The molecule has 0 spiro atoms. The van der Waals surface area contributed by atoms with Gasteiger partial charge in [-0.1, -0.05) is 11.6 Å². The van der Waals surface area contributed by atoms with E-state index in [-0.39, 0.29) is 12.0 Å². The molecule has 2 aromatic rings. The van der Waals surface area contributed by atoms with Crippen LogP contribution in [0.25, 0.3) is 10.8 Å². The van der Waals surface area contributed by atoms with Crippen molar-refractivity contribution in [2.24, 2.45) is 0 Å². The van der Waals surface area contributed by atoms with Crippen molar-refractivity contribution in [3.05, 3.63) is 43.3 Å². The molecule has 0 atom stereocenters.